The van der Waals surface area contributed by atoms with Crippen LogP contribution in [0.2, 0.25) is 0 Å². The molecule has 0 saturated heterocycles. The molecule has 0 spiro atoms. The van der Waals surface area contributed by atoms with Gasteiger partial charge in [-0.3, -0.25) is 14.3 Å². The van der Waals surface area contributed by atoms with Gasteiger partial charge in [0.2, 0.25) is 0 Å². The van der Waals surface area contributed by atoms with E-state index in [1.165, 1.54) is 22.3 Å². The highest BCUT2D eigenvalue weighted by molar-refractivity contribution is 5.90. The normalized spacial score (nSPS) is 10.8. The molecule has 32 heavy (non-hydrogen) atoms. The maximum absolute atomic E-state index is 12.6. The van der Waals surface area contributed by atoms with Gasteiger partial charge in [-0.25, -0.2) is 14.6 Å². The number of rotatable bonds is 10. The summed E-state index contributed by atoms with van der Waals surface area (Å²) in [6, 6.07) is 4.69. The van der Waals surface area contributed by atoms with Crippen molar-refractivity contribution in [2.75, 3.05) is 13.7 Å². The van der Waals surface area contributed by atoms with Crippen molar-refractivity contribution in [2.24, 2.45) is 7.05 Å². The van der Waals surface area contributed by atoms with Gasteiger partial charge in [-0.05, 0) is 24.6 Å². The Morgan fingerprint density at radius 1 is 1.28 bits per heavy atom. The van der Waals surface area contributed by atoms with Crippen molar-refractivity contribution in [3.8, 4) is 11.5 Å². The highest BCUT2D eigenvalue weighted by atomic mass is 16.5. The molecule has 170 valence electrons. The molecule has 2 heterocycles. The van der Waals surface area contributed by atoms with Crippen LogP contribution in [-0.2, 0) is 24.9 Å². The van der Waals surface area contributed by atoms with E-state index in [2.05, 4.69) is 16.5 Å². The van der Waals surface area contributed by atoms with Crippen LogP contribution < -0.4 is 20.7 Å². The quantitative estimate of drug-likeness (QED) is 0.378. The SMILES string of the molecule is C=CCOc1ccc(C(=O)OCc2nc3c(c(=O)[nH]c(=O)n3CCCC)n2C)cc1OC. The summed E-state index contributed by atoms with van der Waals surface area (Å²) in [4.78, 5) is 43.9. The average molecular weight is 442 g/mol. The van der Waals surface area contributed by atoms with Crippen LogP contribution in [0.5, 0.6) is 11.5 Å². The number of benzene rings is 1. The van der Waals surface area contributed by atoms with Gasteiger partial charge in [0.1, 0.15) is 19.0 Å². The number of carbonyl (C=O) groups excluding carboxylic acids is 1. The molecular formula is C22H26N4O6. The number of hydrogen-bond donors (Lipinski definition) is 1. The predicted octanol–water partition coefficient (Wildman–Crippen LogP) is 2.15. The van der Waals surface area contributed by atoms with Crippen molar-refractivity contribution in [2.45, 2.75) is 32.9 Å². The van der Waals surface area contributed by atoms with E-state index in [0.717, 1.165) is 12.8 Å². The van der Waals surface area contributed by atoms with Gasteiger partial charge in [0, 0.05) is 13.6 Å². The molecule has 0 atom stereocenters. The molecule has 0 aliphatic rings. The summed E-state index contributed by atoms with van der Waals surface area (Å²) in [5, 5.41) is 0. The Morgan fingerprint density at radius 2 is 2.06 bits per heavy atom. The first-order chi connectivity index (χ1) is 15.4. The number of aryl methyl sites for hydroxylation is 2. The third-order valence-electron chi connectivity index (χ3n) is 4.93. The summed E-state index contributed by atoms with van der Waals surface area (Å²) >= 11 is 0. The molecule has 0 fully saturated rings. The second-order valence-corrected chi connectivity index (χ2v) is 7.07. The number of hydrogen-bond acceptors (Lipinski definition) is 7. The van der Waals surface area contributed by atoms with Crippen molar-refractivity contribution in [3.63, 3.8) is 0 Å². The lowest BCUT2D eigenvalue weighted by atomic mass is 10.2. The van der Waals surface area contributed by atoms with Gasteiger partial charge >= 0.3 is 11.7 Å². The Balaban J connectivity index is 1.84. The van der Waals surface area contributed by atoms with E-state index >= 15 is 0 Å². The van der Waals surface area contributed by atoms with Gasteiger partial charge in [0.25, 0.3) is 5.56 Å². The van der Waals surface area contributed by atoms with E-state index < -0.39 is 17.2 Å². The maximum atomic E-state index is 12.6. The monoisotopic (exact) mass is 442 g/mol. The number of carbonyl (C=O) groups is 1. The largest absolute Gasteiger partial charge is 0.493 e. The zero-order valence-electron chi connectivity index (χ0n) is 18.3. The molecule has 0 unspecified atom stereocenters. The highest BCUT2D eigenvalue weighted by Gasteiger charge is 2.18. The van der Waals surface area contributed by atoms with Crippen molar-refractivity contribution >= 4 is 17.1 Å². The molecule has 3 aromatic rings. The number of methoxy groups -OCH3 is 1. The van der Waals surface area contributed by atoms with Gasteiger partial charge in [0.15, 0.2) is 22.7 Å². The molecule has 0 saturated carbocycles. The molecule has 0 aliphatic carbocycles. The second-order valence-electron chi connectivity index (χ2n) is 7.07. The first-order valence-corrected chi connectivity index (χ1v) is 10.2. The topological polar surface area (TPSA) is 117 Å². The zero-order chi connectivity index (χ0) is 23.3. The molecule has 10 heteroatoms. The molecule has 2 aromatic heterocycles. The zero-order valence-corrected chi connectivity index (χ0v) is 18.3. The van der Waals surface area contributed by atoms with E-state index in [1.54, 1.807) is 25.3 Å². The van der Waals surface area contributed by atoms with E-state index in [4.69, 9.17) is 14.2 Å². The molecule has 0 aliphatic heterocycles. The Morgan fingerprint density at radius 3 is 2.75 bits per heavy atom. The number of unbranched alkanes of at least 4 members (excludes halogenated alkanes) is 1. The lowest BCUT2D eigenvalue weighted by Crippen LogP contribution is -2.31. The number of imidazole rings is 1. The van der Waals surface area contributed by atoms with Gasteiger partial charge in [0.05, 0.1) is 12.7 Å². The lowest BCUT2D eigenvalue weighted by molar-refractivity contribution is 0.0459. The first-order valence-electron chi connectivity index (χ1n) is 10.2. The molecule has 3 rings (SSSR count). The minimum Gasteiger partial charge on any atom is -0.493 e. The summed E-state index contributed by atoms with van der Waals surface area (Å²) in [7, 11) is 3.11. The molecule has 0 bridgehead atoms. The fourth-order valence-electron chi connectivity index (χ4n) is 3.22. The van der Waals surface area contributed by atoms with Crippen molar-refractivity contribution in [3.05, 3.63) is 63.1 Å². The van der Waals surface area contributed by atoms with Crippen LogP contribution >= 0.6 is 0 Å². The standard InChI is InChI=1S/C22H26N4O6/c1-5-7-10-26-19-18(20(27)24-22(26)29)25(3)17(23-19)13-32-21(28)14-8-9-15(31-11-6-2)16(12-14)30-4/h6,8-9,12H,2,5,7,10-11,13H2,1,3-4H3,(H,24,27,29). The van der Waals surface area contributed by atoms with Gasteiger partial charge in [-0.15, -0.1) is 0 Å². The van der Waals surface area contributed by atoms with Crippen molar-refractivity contribution in [1.82, 2.24) is 19.1 Å². The summed E-state index contributed by atoms with van der Waals surface area (Å²) in [5.41, 5.74) is -0.263. The fraction of sp³-hybridized carbons (Fsp3) is 0.364. The minimum absolute atomic E-state index is 0.178. The van der Waals surface area contributed by atoms with Crippen LogP contribution in [0.4, 0.5) is 0 Å². The van der Waals surface area contributed by atoms with E-state index in [1.807, 2.05) is 6.92 Å². The van der Waals surface area contributed by atoms with E-state index in [9.17, 15) is 14.4 Å². The van der Waals surface area contributed by atoms with Gasteiger partial charge in [-0.2, -0.15) is 0 Å². The van der Waals surface area contributed by atoms with Crippen LogP contribution in [-0.4, -0.2) is 38.8 Å². The molecule has 10 nitrogen and oxygen atoms in total. The summed E-state index contributed by atoms with van der Waals surface area (Å²) < 4.78 is 19.1. The van der Waals surface area contributed by atoms with Crippen molar-refractivity contribution in [1.29, 1.82) is 0 Å². The van der Waals surface area contributed by atoms with Crippen LogP contribution in [0.1, 0.15) is 35.9 Å². The van der Waals surface area contributed by atoms with Crippen molar-refractivity contribution < 1.29 is 19.0 Å². The van der Waals surface area contributed by atoms with Gasteiger partial charge < -0.3 is 18.8 Å². The first kappa shape index (κ1) is 22.9. The Kier molecular flexibility index (Phi) is 7.14. The van der Waals surface area contributed by atoms with Crippen LogP contribution in [0.25, 0.3) is 11.2 Å². The Hall–Kier alpha value is -3.82. The number of ether oxygens (including phenoxy) is 3. The number of nitrogens with one attached hydrogen (secondary N) is 1. The molecular weight excluding hydrogens is 416 g/mol. The van der Waals surface area contributed by atoms with Crippen LogP contribution in [0.15, 0.2) is 40.4 Å². The number of fused-ring (bicyclic) bond motifs is 1. The fourth-order valence-corrected chi connectivity index (χ4v) is 3.22. The van der Waals surface area contributed by atoms with Crippen LogP contribution in [0, 0.1) is 0 Å². The summed E-state index contributed by atoms with van der Waals surface area (Å²) in [6.07, 6.45) is 3.24. The lowest BCUT2D eigenvalue weighted by Gasteiger charge is -2.11. The smallest absolute Gasteiger partial charge is 0.338 e. The minimum atomic E-state index is -0.595. The van der Waals surface area contributed by atoms with Crippen LogP contribution in [0.3, 0.4) is 0 Å². The Bertz CT molecular complexity index is 1250. The number of esters is 1. The van der Waals surface area contributed by atoms with Gasteiger partial charge in [-0.1, -0.05) is 26.0 Å². The number of aromatic nitrogens is 4. The maximum Gasteiger partial charge on any atom is 0.338 e. The Labute approximate surface area is 184 Å². The number of H-pyrrole nitrogens is 1. The summed E-state index contributed by atoms with van der Waals surface area (Å²) in [6.45, 7) is 6.15. The molecule has 0 radical (unpaired) electrons. The third-order valence-corrected chi connectivity index (χ3v) is 4.93. The molecule has 1 N–H and O–H groups in total. The average Bonchev–Trinajstić information content (AvgIpc) is 3.12. The second kappa shape index (κ2) is 9.99. The molecule has 0 amide bonds. The van der Waals surface area contributed by atoms with E-state index in [-0.39, 0.29) is 23.3 Å². The highest BCUT2D eigenvalue weighted by Crippen LogP contribution is 2.28. The number of aromatic amines is 1. The molecule has 1 aromatic carbocycles. The number of nitrogens with zero attached hydrogens (tertiary/aromatic N) is 3. The third kappa shape index (κ3) is 4.58. The summed E-state index contributed by atoms with van der Waals surface area (Å²) in [5.74, 6) is 0.606. The van der Waals surface area contributed by atoms with E-state index in [0.29, 0.717) is 30.5 Å². The predicted molar refractivity (Wildman–Crippen MR) is 118 cm³/mol.